The smallest absolute Gasteiger partial charge is 0.276 e. The normalized spacial score (nSPS) is 14.8. The van der Waals surface area contributed by atoms with Crippen LogP contribution in [0.2, 0.25) is 10.0 Å². The molecule has 1 aliphatic heterocycles. The Balaban J connectivity index is 1.43. The highest BCUT2D eigenvalue weighted by atomic mass is 35.5. The van der Waals surface area contributed by atoms with Crippen LogP contribution in [0.15, 0.2) is 83.5 Å². The Hall–Kier alpha value is -3.08. The topological polar surface area (TPSA) is 41.9 Å². The number of carbonyl (C=O) groups is 1. The van der Waals surface area contributed by atoms with Crippen molar-refractivity contribution in [2.24, 2.45) is 5.10 Å². The van der Waals surface area contributed by atoms with Crippen LogP contribution < -0.4 is 4.74 Å². The van der Waals surface area contributed by atoms with Gasteiger partial charge in [-0.15, -0.1) is 0 Å². The lowest BCUT2D eigenvalue weighted by molar-refractivity contribution is -0.126. The van der Waals surface area contributed by atoms with E-state index in [0.29, 0.717) is 34.5 Å². The zero-order chi connectivity index (χ0) is 21.8. The van der Waals surface area contributed by atoms with Gasteiger partial charge < -0.3 is 4.74 Å². The van der Waals surface area contributed by atoms with Gasteiger partial charge in [0.15, 0.2) is 0 Å². The third kappa shape index (κ3) is 4.98. The SMILES string of the molecule is CC1=NN(Cc2ccccc2Cl)C(=O)/C1=C\c1ccc(OCc2ccccc2Cl)cc1. The van der Waals surface area contributed by atoms with Gasteiger partial charge in [0.1, 0.15) is 12.4 Å². The molecule has 0 fully saturated rings. The maximum atomic E-state index is 12.9. The fraction of sp³-hybridized carbons (Fsp3) is 0.120. The summed E-state index contributed by atoms with van der Waals surface area (Å²) in [5.41, 5.74) is 3.92. The van der Waals surface area contributed by atoms with Crippen molar-refractivity contribution in [2.45, 2.75) is 20.1 Å². The first-order valence-electron chi connectivity index (χ1n) is 9.80. The van der Waals surface area contributed by atoms with Gasteiger partial charge in [0.2, 0.25) is 0 Å². The summed E-state index contributed by atoms with van der Waals surface area (Å²) in [5.74, 6) is 0.585. The van der Waals surface area contributed by atoms with E-state index in [1.807, 2.05) is 79.7 Å². The van der Waals surface area contributed by atoms with Crippen molar-refractivity contribution < 1.29 is 9.53 Å². The maximum Gasteiger partial charge on any atom is 0.276 e. The molecule has 3 aromatic carbocycles. The minimum Gasteiger partial charge on any atom is -0.489 e. The van der Waals surface area contributed by atoms with E-state index < -0.39 is 0 Å². The number of hydrazone groups is 1. The van der Waals surface area contributed by atoms with Crippen LogP contribution in [-0.4, -0.2) is 16.6 Å². The minimum absolute atomic E-state index is 0.142. The molecule has 0 unspecified atom stereocenters. The number of rotatable bonds is 6. The average Bonchev–Trinajstić information content (AvgIpc) is 3.03. The van der Waals surface area contributed by atoms with Crippen molar-refractivity contribution in [1.29, 1.82) is 0 Å². The Morgan fingerprint density at radius 2 is 1.52 bits per heavy atom. The first-order valence-corrected chi connectivity index (χ1v) is 10.6. The van der Waals surface area contributed by atoms with E-state index in [0.717, 1.165) is 22.4 Å². The summed E-state index contributed by atoms with van der Waals surface area (Å²) in [5, 5.41) is 7.16. The monoisotopic (exact) mass is 450 g/mol. The molecule has 0 atom stereocenters. The molecule has 31 heavy (non-hydrogen) atoms. The first-order chi connectivity index (χ1) is 15.0. The quantitative estimate of drug-likeness (QED) is 0.409. The van der Waals surface area contributed by atoms with Gasteiger partial charge >= 0.3 is 0 Å². The number of nitrogens with zero attached hydrogens (tertiary/aromatic N) is 2. The highest BCUT2D eigenvalue weighted by Gasteiger charge is 2.27. The first kappa shape index (κ1) is 21.2. The molecule has 3 aromatic rings. The van der Waals surface area contributed by atoms with Crippen LogP contribution in [0.1, 0.15) is 23.6 Å². The Kier molecular flexibility index (Phi) is 6.40. The molecule has 4 rings (SSSR count). The van der Waals surface area contributed by atoms with Gasteiger partial charge in [0, 0.05) is 15.6 Å². The van der Waals surface area contributed by atoms with Gasteiger partial charge in [0.25, 0.3) is 5.91 Å². The Morgan fingerprint density at radius 3 is 2.16 bits per heavy atom. The lowest BCUT2D eigenvalue weighted by Gasteiger charge is -2.12. The largest absolute Gasteiger partial charge is 0.489 e. The fourth-order valence-electron chi connectivity index (χ4n) is 3.24. The molecule has 156 valence electrons. The van der Waals surface area contributed by atoms with Gasteiger partial charge in [-0.3, -0.25) is 4.79 Å². The van der Waals surface area contributed by atoms with Crippen LogP contribution in [0.25, 0.3) is 6.08 Å². The lowest BCUT2D eigenvalue weighted by Crippen LogP contribution is -2.21. The summed E-state index contributed by atoms with van der Waals surface area (Å²) in [6.07, 6.45) is 1.84. The fourth-order valence-corrected chi connectivity index (χ4v) is 3.62. The molecule has 0 aliphatic carbocycles. The highest BCUT2D eigenvalue weighted by Crippen LogP contribution is 2.24. The van der Waals surface area contributed by atoms with E-state index in [2.05, 4.69) is 5.10 Å². The van der Waals surface area contributed by atoms with E-state index in [-0.39, 0.29) is 5.91 Å². The second-order valence-corrected chi connectivity index (χ2v) is 7.96. The Morgan fingerprint density at radius 1 is 0.903 bits per heavy atom. The molecule has 1 aliphatic rings. The van der Waals surface area contributed by atoms with Gasteiger partial charge in [0.05, 0.1) is 17.8 Å². The van der Waals surface area contributed by atoms with Gasteiger partial charge in [-0.05, 0) is 48.4 Å². The molecule has 0 saturated heterocycles. The van der Waals surface area contributed by atoms with Gasteiger partial charge in [-0.25, -0.2) is 5.01 Å². The van der Waals surface area contributed by atoms with Crippen molar-refractivity contribution in [3.63, 3.8) is 0 Å². The number of carbonyl (C=O) groups excluding carboxylic acids is 1. The van der Waals surface area contributed by atoms with Gasteiger partial charge in [-0.1, -0.05) is 71.7 Å². The van der Waals surface area contributed by atoms with E-state index >= 15 is 0 Å². The van der Waals surface area contributed by atoms with Crippen LogP contribution in [-0.2, 0) is 17.9 Å². The van der Waals surface area contributed by atoms with E-state index in [1.165, 1.54) is 5.01 Å². The predicted molar refractivity (Wildman–Crippen MR) is 125 cm³/mol. The van der Waals surface area contributed by atoms with Crippen LogP contribution >= 0.6 is 23.2 Å². The maximum absolute atomic E-state index is 12.9. The molecule has 0 radical (unpaired) electrons. The minimum atomic E-state index is -0.142. The molecule has 1 heterocycles. The zero-order valence-electron chi connectivity index (χ0n) is 16.9. The van der Waals surface area contributed by atoms with E-state index in [4.69, 9.17) is 27.9 Å². The summed E-state index contributed by atoms with van der Waals surface area (Å²) in [6, 6.07) is 22.6. The second-order valence-electron chi connectivity index (χ2n) is 7.15. The standard InChI is InChI=1S/C25H20Cl2N2O2/c1-17-22(25(30)29(28-17)15-19-6-2-4-8-23(19)26)14-18-10-12-21(13-11-18)31-16-20-7-3-5-9-24(20)27/h2-14H,15-16H2,1H3/b22-14-. The second kappa shape index (κ2) is 9.38. The molecule has 1 amide bonds. The number of benzene rings is 3. The molecule has 0 bridgehead atoms. The van der Waals surface area contributed by atoms with Crippen LogP contribution in [0.5, 0.6) is 5.75 Å². The van der Waals surface area contributed by atoms with Gasteiger partial charge in [-0.2, -0.15) is 5.10 Å². The summed E-state index contributed by atoms with van der Waals surface area (Å²) in [7, 11) is 0. The number of ether oxygens (including phenoxy) is 1. The van der Waals surface area contributed by atoms with E-state index in [9.17, 15) is 4.79 Å². The number of hydrogen-bond acceptors (Lipinski definition) is 3. The summed E-state index contributed by atoms with van der Waals surface area (Å²) >= 11 is 12.4. The van der Waals surface area contributed by atoms with Crippen molar-refractivity contribution in [2.75, 3.05) is 0 Å². The van der Waals surface area contributed by atoms with Crippen LogP contribution in [0.4, 0.5) is 0 Å². The molecule has 6 heteroatoms. The molecule has 0 spiro atoms. The van der Waals surface area contributed by atoms with Crippen molar-refractivity contribution in [3.05, 3.63) is 105 Å². The predicted octanol–water partition coefficient (Wildman–Crippen LogP) is 6.37. The molecule has 0 N–H and O–H groups in total. The Bertz CT molecular complexity index is 1170. The molecular formula is C25H20Cl2N2O2. The van der Waals surface area contributed by atoms with Crippen molar-refractivity contribution >= 4 is 40.9 Å². The molecule has 0 saturated carbocycles. The Labute approximate surface area is 191 Å². The number of hydrogen-bond donors (Lipinski definition) is 0. The lowest BCUT2D eigenvalue weighted by atomic mass is 10.1. The number of halogens is 2. The molecular weight excluding hydrogens is 431 g/mol. The van der Waals surface area contributed by atoms with Crippen molar-refractivity contribution in [3.8, 4) is 5.75 Å². The highest BCUT2D eigenvalue weighted by molar-refractivity contribution is 6.31. The third-order valence-corrected chi connectivity index (χ3v) is 5.68. The molecule has 4 nitrogen and oxygen atoms in total. The van der Waals surface area contributed by atoms with Crippen LogP contribution in [0.3, 0.4) is 0 Å². The third-order valence-electron chi connectivity index (χ3n) is 4.95. The van der Waals surface area contributed by atoms with E-state index in [1.54, 1.807) is 6.07 Å². The van der Waals surface area contributed by atoms with Crippen LogP contribution in [0, 0.1) is 0 Å². The zero-order valence-corrected chi connectivity index (χ0v) is 18.4. The van der Waals surface area contributed by atoms with Crippen molar-refractivity contribution in [1.82, 2.24) is 5.01 Å². The average molecular weight is 451 g/mol. The molecule has 0 aromatic heterocycles. The summed E-state index contributed by atoms with van der Waals surface area (Å²) in [6.45, 7) is 2.56. The summed E-state index contributed by atoms with van der Waals surface area (Å²) in [4.78, 5) is 12.9. The number of amides is 1. The summed E-state index contributed by atoms with van der Waals surface area (Å²) < 4.78 is 5.82.